The zero-order valence-corrected chi connectivity index (χ0v) is 10.7. The lowest BCUT2D eigenvalue weighted by Crippen LogP contribution is -2.21. The van der Waals surface area contributed by atoms with Crippen LogP contribution in [0.15, 0.2) is 42.5 Å². The first-order valence-electron chi connectivity index (χ1n) is 5.79. The number of benzene rings is 2. The number of rotatable bonds is 2. The number of aromatic hydroxyl groups is 1. The van der Waals surface area contributed by atoms with Crippen molar-refractivity contribution in [3.05, 3.63) is 53.8 Å². The molecular weight excluding hydrogens is 245 g/mol. The molecule has 3 nitrogen and oxygen atoms in total. The Bertz CT molecular complexity index is 606. The summed E-state index contributed by atoms with van der Waals surface area (Å²) in [6.07, 6.45) is 0. The first kappa shape index (κ1) is 13.1. The van der Waals surface area contributed by atoms with Gasteiger partial charge in [0.25, 0.3) is 5.91 Å². The molecule has 0 spiro atoms. The molecule has 0 unspecified atom stereocenters. The van der Waals surface area contributed by atoms with Crippen LogP contribution >= 0.6 is 0 Å². The van der Waals surface area contributed by atoms with Crippen molar-refractivity contribution in [3.8, 4) is 16.9 Å². The number of hydrogen-bond donors (Lipinski definition) is 1. The van der Waals surface area contributed by atoms with Gasteiger partial charge in [-0.15, -0.1) is 0 Å². The predicted molar refractivity (Wildman–Crippen MR) is 71.5 cm³/mol. The SMILES string of the molecule is CN(C)C(=O)c1ccc(-c2ccc(F)c(O)c2)cc1. The Balaban J connectivity index is 2.32. The molecule has 0 aliphatic heterocycles. The zero-order chi connectivity index (χ0) is 14.0. The summed E-state index contributed by atoms with van der Waals surface area (Å²) < 4.78 is 13.0. The lowest BCUT2D eigenvalue weighted by molar-refractivity contribution is 0.0827. The summed E-state index contributed by atoms with van der Waals surface area (Å²) in [5.74, 6) is -1.11. The van der Waals surface area contributed by atoms with Crippen molar-refractivity contribution in [1.29, 1.82) is 0 Å². The van der Waals surface area contributed by atoms with Gasteiger partial charge in [-0.1, -0.05) is 18.2 Å². The number of phenolic OH excluding ortho intramolecular Hbond substituents is 1. The summed E-state index contributed by atoms with van der Waals surface area (Å²) in [6.45, 7) is 0. The van der Waals surface area contributed by atoms with Gasteiger partial charge in [0.2, 0.25) is 0 Å². The van der Waals surface area contributed by atoms with Crippen molar-refractivity contribution < 1.29 is 14.3 Å². The van der Waals surface area contributed by atoms with E-state index in [0.29, 0.717) is 11.1 Å². The topological polar surface area (TPSA) is 40.5 Å². The molecule has 0 heterocycles. The van der Waals surface area contributed by atoms with E-state index in [1.807, 2.05) is 0 Å². The van der Waals surface area contributed by atoms with E-state index in [1.54, 1.807) is 44.4 Å². The molecule has 1 amide bonds. The van der Waals surface area contributed by atoms with Gasteiger partial charge >= 0.3 is 0 Å². The van der Waals surface area contributed by atoms with Gasteiger partial charge in [0, 0.05) is 19.7 Å². The molecule has 0 fully saturated rings. The fourth-order valence-electron chi connectivity index (χ4n) is 1.76. The average molecular weight is 259 g/mol. The number of nitrogens with zero attached hydrogens (tertiary/aromatic N) is 1. The molecule has 0 bridgehead atoms. The Kier molecular flexibility index (Phi) is 3.51. The van der Waals surface area contributed by atoms with Gasteiger partial charge in [-0.3, -0.25) is 4.79 Å². The molecule has 2 aromatic carbocycles. The van der Waals surface area contributed by atoms with E-state index in [0.717, 1.165) is 5.56 Å². The van der Waals surface area contributed by atoms with E-state index < -0.39 is 5.82 Å². The molecular formula is C15H14FNO2. The minimum Gasteiger partial charge on any atom is -0.505 e. The van der Waals surface area contributed by atoms with Crippen LogP contribution in [0.5, 0.6) is 5.75 Å². The summed E-state index contributed by atoms with van der Waals surface area (Å²) in [6, 6.07) is 11.1. The van der Waals surface area contributed by atoms with Crippen molar-refractivity contribution >= 4 is 5.91 Å². The van der Waals surface area contributed by atoms with Gasteiger partial charge in [-0.05, 0) is 35.4 Å². The van der Waals surface area contributed by atoms with Gasteiger partial charge in [0.15, 0.2) is 11.6 Å². The van der Waals surface area contributed by atoms with E-state index in [2.05, 4.69) is 0 Å². The number of carbonyl (C=O) groups excluding carboxylic acids is 1. The Labute approximate surface area is 110 Å². The summed E-state index contributed by atoms with van der Waals surface area (Å²) in [4.78, 5) is 13.2. The Morgan fingerprint density at radius 2 is 1.63 bits per heavy atom. The highest BCUT2D eigenvalue weighted by atomic mass is 19.1. The monoisotopic (exact) mass is 259 g/mol. The van der Waals surface area contributed by atoms with Crippen LogP contribution in [-0.2, 0) is 0 Å². The molecule has 0 radical (unpaired) electrons. The summed E-state index contributed by atoms with van der Waals surface area (Å²) in [5.41, 5.74) is 2.09. The van der Waals surface area contributed by atoms with Crippen LogP contribution in [0.2, 0.25) is 0 Å². The lowest BCUT2D eigenvalue weighted by Gasteiger charge is -2.10. The van der Waals surface area contributed by atoms with Crippen LogP contribution in [0.4, 0.5) is 4.39 Å². The number of hydrogen-bond acceptors (Lipinski definition) is 2. The van der Waals surface area contributed by atoms with Gasteiger partial charge in [0.05, 0.1) is 0 Å². The molecule has 4 heteroatoms. The van der Waals surface area contributed by atoms with Crippen molar-refractivity contribution in [2.75, 3.05) is 14.1 Å². The van der Waals surface area contributed by atoms with Crippen molar-refractivity contribution in [3.63, 3.8) is 0 Å². The zero-order valence-electron chi connectivity index (χ0n) is 10.7. The molecule has 0 saturated heterocycles. The van der Waals surface area contributed by atoms with Gasteiger partial charge in [0.1, 0.15) is 0 Å². The normalized spacial score (nSPS) is 10.3. The maximum atomic E-state index is 13.0. The fourth-order valence-corrected chi connectivity index (χ4v) is 1.76. The summed E-state index contributed by atoms with van der Waals surface area (Å²) in [5, 5.41) is 9.34. The molecule has 2 rings (SSSR count). The highest BCUT2D eigenvalue weighted by Crippen LogP contribution is 2.25. The van der Waals surface area contributed by atoms with Crippen LogP contribution in [0, 0.1) is 5.82 Å². The van der Waals surface area contributed by atoms with E-state index >= 15 is 0 Å². The van der Waals surface area contributed by atoms with Crippen LogP contribution < -0.4 is 0 Å². The van der Waals surface area contributed by atoms with Crippen LogP contribution in [0.3, 0.4) is 0 Å². The van der Waals surface area contributed by atoms with Crippen molar-refractivity contribution in [1.82, 2.24) is 4.90 Å². The molecule has 0 aliphatic carbocycles. The number of carbonyl (C=O) groups is 1. The second-order valence-electron chi connectivity index (χ2n) is 4.44. The predicted octanol–water partition coefficient (Wildman–Crippen LogP) is 2.90. The average Bonchev–Trinajstić information content (AvgIpc) is 2.41. The molecule has 0 aromatic heterocycles. The maximum Gasteiger partial charge on any atom is 0.253 e. The van der Waals surface area contributed by atoms with Crippen LogP contribution in [0.1, 0.15) is 10.4 Å². The van der Waals surface area contributed by atoms with Crippen molar-refractivity contribution in [2.24, 2.45) is 0 Å². The Hall–Kier alpha value is -2.36. The third kappa shape index (κ3) is 2.73. The Morgan fingerprint density at radius 1 is 1.05 bits per heavy atom. The standard InChI is InChI=1S/C15H14FNO2/c1-17(2)15(19)11-5-3-10(4-6-11)12-7-8-13(16)14(18)9-12/h3-9,18H,1-2H3. The third-order valence-corrected chi connectivity index (χ3v) is 2.82. The minimum absolute atomic E-state index is 0.0755. The quantitative estimate of drug-likeness (QED) is 0.900. The van der Waals surface area contributed by atoms with Gasteiger partial charge < -0.3 is 10.0 Å². The highest BCUT2D eigenvalue weighted by Gasteiger charge is 2.08. The van der Waals surface area contributed by atoms with Gasteiger partial charge in [-0.2, -0.15) is 0 Å². The van der Waals surface area contributed by atoms with Crippen LogP contribution in [-0.4, -0.2) is 30.0 Å². The van der Waals surface area contributed by atoms with Gasteiger partial charge in [-0.25, -0.2) is 4.39 Å². The molecule has 1 N–H and O–H groups in total. The number of halogens is 1. The molecule has 98 valence electrons. The molecule has 0 atom stereocenters. The third-order valence-electron chi connectivity index (χ3n) is 2.82. The summed E-state index contributed by atoms with van der Waals surface area (Å²) >= 11 is 0. The first-order valence-corrected chi connectivity index (χ1v) is 5.79. The first-order chi connectivity index (χ1) is 8.99. The van der Waals surface area contributed by atoms with Crippen LogP contribution in [0.25, 0.3) is 11.1 Å². The highest BCUT2D eigenvalue weighted by molar-refractivity contribution is 5.94. The maximum absolute atomic E-state index is 13.0. The molecule has 19 heavy (non-hydrogen) atoms. The van der Waals surface area contributed by atoms with E-state index in [1.165, 1.54) is 17.0 Å². The second kappa shape index (κ2) is 5.10. The summed E-state index contributed by atoms with van der Waals surface area (Å²) in [7, 11) is 3.38. The molecule has 2 aromatic rings. The number of amides is 1. The van der Waals surface area contributed by atoms with E-state index in [-0.39, 0.29) is 11.7 Å². The largest absolute Gasteiger partial charge is 0.505 e. The number of phenols is 1. The van der Waals surface area contributed by atoms with E-state index in [9.17, 15) is 14.3 Å². The van der Waals surface area contributed by atoms with Crippen molar-refractivity contribution in [2.45, 2.75) is 0 Å². The smallest absolute Gasteiger partial charge is 0.253 e. The minimum atomic E-state index is -0.650. The second-order valence-corrected chi connectivity index (χ2v) is 4.44. The Morgan fingerprint density at radius 3 is 2.16 bits per heavy atom. The van der Waals surface area contributed by atoms with E-state index in [4.69, 9.17) is 0 Å². The fraction of sp³-hybridized carbons (Fsp3) is 0.133. The molecule has 0 saturated carbocycles. The molecule has 0 aliphatic rings. The lowest BCUT2D eigenvalue weighted by atomic mass is 10.0.